The molecule has 148 valence electrons. The molecule has 25 heavy (non-hydrogen) atoms. The third kappa shape index (κ3) is 7.27. The molecule has 0 saturated carbocycles. The SMILES string of the molecule is CCN1CCOC(C(=O)N2CCCCC2CNC(=O)CCN)C1.Cl.Cl. The maximum absolute atomic E-state index is 12.8. The lowest BCUT2D eigenvalue weighted by Gasteiger charge is -2.40. The summed E-state index contributed by atoms with van der Waals surface area (Å²) in [6.45, 7) is 6.81. The zero-order chi connectivity index (χ0) is 16.7. The Bertz CT molecular complexity index is 415. The summed E-state index contributed by atoms with van der Waals surface area (Å²) in [5, 5.41) is 2.90. The molecule has 2 aliphatic heterocycles. The van der Waals surface area contributed by atoms with Gasteiger partial charge >= 0.3 is 0 Å². The summed E-state index contributed by atoms with van der Waals surface area (Å²) >= 11 is 0. The average molecular weight is 399 g/mol. The van der Waals surface area contributed by atoms with Gasteiger partial charge in [0, 0.05) is 45.2 Å². The Balaban J connectivity index is 0.00000288. The van der Waals surface area contributed by atoms with Crippen LogP contribution in [0.1, 0.15) is 32.6 Å². The molecule has 2 unspecified atom stereocenters. The van der Waals surface area contributed by atoms with Crippen molar-refractivity contribution in [1.82, 2.24) is 15.1 Å². The van der Waals surface area contributed by atoms with E-state index in [0.717, 1.165) is 38.9 Å². The molecule has 2 atom stereocenters. The summed E-state index contributed by atoms with van der Waals surface area (Å²) in [5.74, 6) is 0.0254. The van der Waals surface area contributed by atoms with Gasteiger partial charge in [-0.25, -0.2) is 0 Å². The summed E-state index contributed by atoms with van der Waals surface area (Å²) in [5.41, 5.74) is 5.39. The summed E-state index contributed by atoms with van der Waals surface area (Å²) < 4.78 is 5.70. The van der Waals surface area contributed by atoms with Crippen molar-refractivity contribution in [1.29, 1.82) is 0 Å². The van der Waals surface area contributed by atoms with Gasteiger partial charge in [0.1, 0.15) is 6.10 Å². The van der Waals surface area contributed by atoms with Crippen molar-refractivity contribution in [3.8, 4) is 0 Å². The van der Waals surface area contributed by atoms with Gasteiger partial charge < -0.3 is 20.7 Å². The molecule has 0 aliphatic carbocycles. The molecule has 0 aromatic heterocycles. The number of ether oxygens (including phenoxy) is 1. The predicted octanol–water partition coefficient (Wildman–Crippen LogP) is 0.397. The highest BCUT2D eigenvalue weighted by Gasteiger charge is 2.34. The van der Waals surface area contributed by atoms with Gasteiger partial charge in [0.15, 0.2) is 0 Å². The van der Waals surface area contributed by atoms with E-state index in [1.807, 2.05) is 4.90 Å². The summed E-state index contributed by atoms with van der Waals surface area (Å²) in [7, 11) is 0. The predicted molar refractivity (Wildman–Crippen MR) is 102 cm³/mol. The zero-order valence-corrected chi connectivity index (χ0v) is 16.6. The number of rotatable bonds is 6. The third-order valence-corrected chi connectivity index (χ3v) is 4.69. The van der Waals surface area contributed by atoms with Crippen molar-refractivity contribution in [3.05, 3.63) is 0 Å². The number of nitrogens with zero attached hydrogens (tertiary/aromatic N) is 2. The van der Waals surface area contributed by atoms with Crippen molar-refractivity contribution < 1.29 is 14.3 Å². The summed E-state index contributed by atoms with van der Waals surface area (Å²) in [4.78, 5) is 28.6. The van der Waals surface area contributed by atoms with Gasteiger partial charge in [0.2, 0.25) is 5.91 Å². The number of morpholine rings is 1. The number of piperidine rings is 1. The monoisotopic (exact) mass is 398 g/mol. The number of halogens is 2. The van der Waals surface area contributed by atoms with Crippen LogP contribution in [0.25, 0.3) is 0 Å². The molecule has 2 heterocycles. The Labute approximate surface area is 162 Å². The van der Waals surface area contributed by atoms with Crippen LogP contribution in [0.4, 0.5) is 0 Å². The Kier molecular flexibility index (Phi) is 12.4. The van der Waals surface area contributed by atoms with Crippen LogP contribution in [0.15, 0.2) is 0 Å². The number of nitrogens with two attached hydrogens (primary N) is 1. The second-order valence-electron chi connectivity index (χ2n) is 6.28. The maximum Gasteiger partial charge on any atom is 0.253 e. The van der Waals surface area contributed by atoms with Gasteiger partial charge in [0.25, 0.3) is 5.91 Å². The van der Waals surface area contributed by atoms with Crippen molar-refractivity contribution >= 4 is 36.6 Å². The number of likely N-dealkylation sites (tertiary alicyclic amines) is 1. The van der Waals surface area contributed by atoms with Crippen LogP contribution in [-0.4, -0.2) is 79.6 Å². The molecule has 2 amide bonds. The van der Waals surface area contributed by atoms with E-state index in [1.54, 1.807) is 0 Å². The molecule has 3 N–H and O–H groups in total. The molecule has 0 bridgehead atoms. The average Bonchev–Trinajstić information content (AvgIpc) is 2.60. The van der Waals surface area contributed by atoms with E-state index in [4.69, 9.17) is 10.5 Å². The van der Waals surface area contributed by atoms with Crippen molar-refractivity contribution in [2.24, 2.45) is 5.73 Å². The van der Waals surface area contributed by atoms with Gasteiger partial charge in [-0.2, -0.15) is 0 Å². The topological polar surface area (TPSA) is 87.9 Å². The lowest BCUT2D eigenvalue weighted by Crippen LogP contribution is -2.56. The fraction of sp³-hybridized carbons (Fsp3) is 0.875. The highest BCUT2D eigenvalue weighted by molar-refractivity contribution is 5.85. The van der Waals surface area contributed by atoms with Crippen LogP contribution < -0.4 is 11.1 Å². The molecular weight excluding hydrogens is 367 g/mol. The third-order valence-electron chi connectivity index (χ3n) is 4.69. The van der Waals surface area contributed by atoms with Crippen LogP contribution in [0.5, 0.6) is 0 Å². The molecule has 2 fully saturated rings. The lowest BCUT2D eigenvalue weighted by molar-refractivity contribution is -0.153. The van der Waals surface area contributed by atoms with Gasteiger partial charge in [-0.05, 0) is 25.8 Å². The van der Waals surface area contributed by atoms with Crippen molar-refractivity contribution in [2.75, 3.05) is 45.9 Å². The van der Waals surface area contributed by atoms with E-state index in [2.05, 4.69) is 17.1 Å². The molecule has 7 nitrogen and oxygen atoms in total. The normalized spacial score (nSPS) is 24.0. The Morgan fingerprint density at radius 3 is 2.68 bits per heavy atom. The standard InChI is InChI=1S/C16H30N4O3.2ClH/c1-2-19-9-10-23-14(12-19)16(22)20-8-4-3-5-13(20)11-18-15(21)6-7-17;;/h13-14H,2-12,17H2,1H3,(H,18,21);2*1H. The van der Waals surface area contributed by atoms with Gasteiger partial charge in [-0.1, -0.05) is 6.92 Å². The first kappa shape index (κ1) is 24.4. The highest BCUT2D eigenvalue weighted by Crippen LogP contribution is 2.19. The minimum atomic E-state index is -0.371. The van der Waals surface area contributed by atoms with E-state index in [0.29, 0.717) is 32.7 Å². The number of nitrogens with one attached hydrogen (secondary N) is 1. The van der Waals surface area contributed by atoms with Crippen LogP contribution in [0.3, 0.4) is 0 Å². The van der Waals surface area contributed by atoms with E-state index in [9.17, 15) is 9.59 Å². The minimum absolute atomic E-state index is 0. The molecule has 9 heteroatoms. The Morgan fingerprint density at radius 1 is 1.24 bits per heavy atom. The second-order valence-corrected chi connectivity index (χ2v) is 6.28. The van der Waals surface area contributed by atoms with E-state index < -0.39 is 0 Å². The van der Waals surface area contributed by atoms with E-state index in [-0.39, 0.29) is 48.8 Å². The first-order valence-corrected chi connectivity index (χ1v) is 8.77. The molecular formula is C16H32Cl2N4O3. The number of amides is 2. The Hall–Kier alpha value is -0.600. The van der Waals surface area contributed by atoms with Crippen LogP contribution in [0.2, 0.25) is 0 Å². The fourth-order valence-corrected chi connectivity index (χ4v) is 3.28. The molecule has 0 aromatic rings. The first-order chi connectivity index (χ1) is 11.2. The molecule has 2 aliphatic rings. The van der Waals surface area contributed by atoms with Crippen LogP contribution in [-0.2, 0) is 14.3 Å². The van der Waals surface area contributed by atoms with Gasteiger partial charge in [-0.3, -0.25) is 14.5 Å². The summed E-state index contributed by atoms with van der Waals surface area (Å²) in [6.07, 6.45) is 3.00. The second kappa shape index (κ2) is 12.7. The quantitative estimate of drug-likeness (QED) is 0.675. The lowest BCUT2D eigenvalue weighted by atomic mass is 10.0. The molecule has 2 saturated heterocycles. The zero-order valence-electron chi connectivity index (χ0n) is 14.9. The van der Waals surface area contributed by atoms with Crippen LogP contribution in [0, 0.1) is 0 Å². The smallest absolute Gasteiger partial charge is 0.253 e. The van der Waals surface area contributed by atoms with E-state index >= 15 is 0 Å². The highest BCUT2D eigenvalue weighted by atomic mass is 35.5. The van der Waals surface area contributed by atoms with Gasteiger partial charge in [0.05, 0.1) is 6.61 Å². The number of hydrogen-bond donors (Lipinski definition) is 2. The maximum atomic E-state index is 12.8. The largest absolute Gasteiger partial charge is 0.366 e. The molecule has 0 spiro atoms. The van der Waals surface area contributed by atoms with E-state index in [1.165, 1.54) is 0 Å². The molecule has 0 radical (unpaired) electrons. The number of hydrogen-bond acceptors (Lipinski definition) is 5. The Morgan fingerprint density at radius 2 is 2.00 bits per heavy atom. The van der Waals surface area contributed by atoms with Crippen LogP contribution >= 0.6 is 24.8 Å². The van der Waals surface area contributed by atoms with Crippen molar-refractivity contribution in [3.63, 3.8) is 0 Å². The van der Waals surface area contributed by atoms with Gasteiger partial charge in [-0.15, -0.1) is 24.8 Å². The molecule has 0 aromatic carbocycles. The number of carbonyl (C=O) groups is 2. The molecule has 2 rings (SSSR count). The number of likely N-dealkylation sites (N-methyl/N-ethyl adjacent to an activating group) is 1. The minimum Gasteiger partial charge on any atom is -0.366 e. The number of carbonyl (C=O) groups excluding carboxylic acids is 2. The first-order valence-electron chi connectivity index (χ1n) is 8.77. The summed E-state index contributed by atoms with van der Waals surface area (Å²) in [6, 6.07) is 0.0681. The van der Waals surface area contributed by atoms with Crippen molar-refractivity contribution in [2.45, 2.75) is 44.8 Å². The fourth-order valence-electron chi connectivity index (χ4n) is 3.28.